The monoisotopic (exact) mass is 358 g/mol. The van der Waals surface area contributed by atoms with Crippen LogP contribution in [-0.4, -0.2) is 41.2 Å². The van der Waals surface area contributed by atoms with Gasteiger partial charge in [0.05, 0.1) is 12.6 Å². The number of carbonyl (C=O) groups excluding carboxylic acids is 2. The number of rotatable bonds is 5. The van der Waals surface area contributed by atoms with E-state index < -0.39 is 5.41 Å². The Balaban J connectivity index is 2.12. The zero-order valence-corrected chi connectivity index (χ0v) is 17.2. The van der Waals surface area contributed by atoms with Crippen LogP contribution >= 0.6 is 0 Å². The molecule has 4 heteroatoms. The van der Waals surface area contributed by atoms with Crippen LogP contribution in [0.1, 0.15) is 65.1 Å². The minimum atomic E-state index is -0.475. The standard InChI is InChI=1S/C22H34N2O2/c1-16(2)11-13-23(21(26)22(4,5)6)15-20(25)24-14-12-18-9-7-8-10-19(18)17(24)3/h7-10,16-17H,11-15H2,1-6H3. The molecule has 0 aromatic heterocycles. The summed E-state index contributed by atoms with van der Waals surface area (Å²) in [5, 5.41) is 0. The first kappa shape index (κ1) is 20.5. The Morgan fingerprint density at radius 1 is 1.23 bits per heavy atom. The minimum absolute atomic E-state index is 0.0494. The maximum Gasteiger partial charge on any atom is 0.242 e. The van der Waals surface area contributed by atoms with Gasteiger partial charge in [-0.3, -0.25) is 9.59 Å². The smallest absolute Gasteiger partial charge is 0.242 e. The van der Waals surface area contributed by atoms with E-state index in [0.29, 0.717) is 12.5 Å². The summed E-state index contributed by atoms with van der Waals surface area (Å²) in [5.74, 6) is 0.603. The number of carbonyl (C=O) groups is 2. The number of hydrogen-bond donors (Lipinski definition) is 0. The second-order valence-electron chi connectivity index (χ2n) is 8.87. The molecule has 0 radical (unpaired) electrons. The normalized spacial score (nSPS) is 17.2. The average molecular weight is 359 g/mol. The molecule has 4 nitrogen and oxygen atoms in total. The van der Waals surface area contributed by atoms with Gasteiger partial charge in [0, 0.05) is 18.5 Å². The van der Waals surface area contributed by atoms with Gasteiger partial charge in [0.15, 0.2) is 0 Å². The second kappa shape index (κ2) is 8.24. The molecule has 26 heavy (non-hydrogen) atoms. The average Bonchev–Trinajstić information content (AvgIpc) is 2.57. The Bertz CT molecular complexity index is 646. The lowest BCUT2D eigenvalue weighted by Crippen LogP contribution is -2.48. The maximum atomic E-state index is 13.0. The van der Waals surface area contributed by atoms with Crippen LogP contribution in [0.4, 0.5) is 0 Å². The fourth-order valence-corrected chi connectivity index (χ4v) is 3.51. The second-order valence-corrected chi connectivity index (χ2v) is 8.87. The topological polar surface area (TPSA) is 40.6 Å². The molecule has 2 rings (SSSR count). The molecule has 0 saturated carbocycles. The molecule has 0 aliphatic carbocycles. The van der Waals surface area contributed by atoms with Crippen LogP contribution < -0.4 is 0 Å². The third-order valence-corrected chi connectivity index (χ3v) is 5.15. The van der Waals surface area contributed by atoms with Crippen molar-refractivity contribution in [2.24, 2.45) is 11.3 Å². The predicted octanol–water partition coefficient (Wildman–Crippen LogP) is 4.05. The molecule has 0 saturated heterocycles. The molecule has 1 aliphatic rings. The van der Waals surface area contributed by atoms with Gasteiger partial charge in [0.2, 0.25) is 11.8 Å². The van der Waals surface area contributed by atoms with Crippen LogP contribution in [0.15, 0.2) is 24.3 Å². The first-order chi connectivity index (χ1) is 12.1. The van der Waals surface area contributed by atoms with Crippen LogP contribution in [0.2, 0.25) is 0 Å². The Hall–Kier alpha value is -1.84. The van der Waals surface area contributed by atoms with Crippen LogP contribution in [0, 0.1) is 11.3 Å². The van der Waals surface area contributed by atoms with E-state index in [1.54, 1.807) is 4.90 Å². The van der Waals surface area contributed by atoms with E-state index in [4.69, 9.17) is 0 Å². The molecular weight excluding hydrogens is 324 g/mol. The molecule has 1 aromatic carbocycles. The van der Waals surface area contributed by atoms with Gasteiger partial charge in [-0.1, -0.05) is 58.9 Å². The molecule has 0 fully saturated rings. The molecule has 0 N–H and O–H groups in total. The zero-order valence-electron chi connectivity index (χ0n) is 17.2. The van der Waals surface area contributed by atoms with Gasteiger partial charge in [-0.05, 0) is 36.8 Å². The van der Waals surface area contributed by atoms with Crippen molar-refractivity contribution >= 4 is 11.8 Å². The lowest BCUT2D eigenvalue weighted by atomic mass is 9.93. The van der Waals surface area contributed by atoms with Crippen molar-refractivity contribution < 1.29 is 9.59 Å². The summed E-state index contributed by atoms with van der Waals surface area (Å²) >= 11 is 0. The van der Waals surface area contributed by atoms with Gasteiger partial charge in [0.25, 0.3) is 0 Å². The van der Waals surface area contributed by atoms with E-state index in [0.717, 1.165) is 19.4 Å². The summed E-state index contributed by atoms with van der Waals surface area (Å²) in [5.41, 5.74) is 2.08. The molecule has 0 spiro atoms. The van der Waals surface area contributed by atoms with Crippen LogP contribution in [0.5, 0.6) is 0 Å². The summed E-state index contributed by atoms with van der Waals surface area (Å²) in [4.78, 5) is 29.6. The maximum absolute atomic E-state index is 13.0. The van der Waals surface area contributed by atoms with Crippen molar-refractivity contribution in [3.8, 4) is 0 Å². The van der Waals surface area contributed by atoms with Gasteiger partial charge in [-0.15, -0.1) is 0 Å². The molecular formula is C22H34N2O2. The predicted molar refractivity (Wildman–Crippen MR) is 106 cm³/mol. The van der Waals surface area contributed by atoms with Crippen molar-refractivity contribution in [3.05, 3.63) is 35.4 Å². The number of benzene rings is 1. The van der Waals surface area contributed by atoms with E-state index >= 15 is 0 Å². The number of hydrogen-bond acceptors (Lipinski definition) is 2. The van der Waals surface area contributed by atoms with Crippen LogP contribution in [0.3, 0.4) is 0 Å². The fourth-order valence-electron chi connectivity index (χ4n) is 3.51. The molecule has 144 valence electrons. The van der Waals surface area contributed by atoms with E-state index in [9.17, 15) is 9.59 Å². The van der Waals surface area contributed by atoms with E-state index in [2.05, 4.69) is 39.0 Å². The van der Waals surface area contributed by atoms with Crippen molar-refractivity contribution in [2.45, 2.75) is 60.4 Å². The quantitative estimate of drug-likeness (QED) is 0.796. The Morgan fingerprint density at radius 3 is 2.50 bits per heavy atom. The van der Waals surface area contributed by atoms with Crippen molar-refractivity contribution in [1.29, 1.82) is 0 Å². The van der Waals surface area contributed by atoms with Gasteiger partial charge in [-0.2, -0.15) is 0 Å². The van der Waals surface area contributed by atoms with Crippen molar-refractivity contribution in [2.75, 3.05) is 19.6 Å². The third kappa shape index (κ3) is 4.87. The number of nitrogens with zero attached hydrogens (tertiary/aromatic N) is 2. The first-order valence-electron chi connectivity index (χ1n) is 9.78. The number of fused-ring (bicyclic) bond motifs is 1. The van der Waals surface area contributed by atoms with Crippen molar-refractivity contribution in [1.82, 2.24) is 9.80 Å². The van der Waals surface area contributed by atoms with Crippen LogP contribution in [-0.2, 0) is 16.0 Å². The molecule has 1 aliphatic heterocycles. The molecule has 1 atom stereocenters. The molecule has 1 unspecified atom stereocenters. The SMILES string of the molecule is CC(C)CCN(CC(=O)N1CCc2ccccc2C1C)C(=O)C(C)(C)C. The Labute approximate surface area is 158 Å². The lowest BCUT2D eigenvalue weighted by molar-refractivity contribution is -0.146. The molecule has 1 aromatic rings. The highest BCUT2D eigenvalue weighted by Gasteiger charge is 2.32. The van der Waals surface area contributed by atoms with Crippen molar-refractivity contribution in [3.63, 3.8) is 0 Å². The van der Waals surface area contributed by atoms with E-state index in [1.807, 2.05) is 31.7 Å². The van der Waals surface area contributed by atoms with E-state index in [-0.39, 0.29) is 24.4 Å². The fraction of sp³-hybridized carbons (Fsp3) is 0.636. The lowest BCUT2D eigenvalue weighted by Gasteiger charge is -2.37. The van der Waals surface area contributed by atoms with Gasteiger partial charge >= 0.3 is 0 Å². The first-order valence-corrected chi connectivity index (χ1v) is 9.78. The Morgan fingerprint density at radius 2 is 1.88 bits per heavy atom. The highest BCUT2D eigenvalue weighted by Crippen LogP contribution is 2.29. The zero-order chi connectivity index (χ0) is 19.5. The molecule has 1 heterocycles. The summed E-state index contributed by atoms with van der Waals surface area (Å²) in [6.45, 7) is 13.7. The van der Waals surface area contributed by atoms with Gasteiger partial charge in [0.1, 0.15) is 0 Å². The third-order valence-electron chi connectivity index (χ3n) is 5.15. The Kier molecular flexibility index (Phi) is 6.48. The summed E-state index contributed by atoms with van der Waals surface area (Å²) in [6, 6.07) is 8.39. The summed E-state index contributed by atoms with van der Waals surface area (Å²) in [7, 11) is 0. The van der Waals surface area contributed by atoms with Crippen LogP contribution in [0.25, 0.3) is 0 Å². The van der Waals surface area contributed by atoms with E-state index in [1.165, 1.54) is 11.1 Å². The largest absolute Gasteiger partial charge is 0.334 e. The molecule has 2 amide bonds. The minimum Gasteiger partial charge on any atom is -0.334 e. The summed E-state index contributed by atoms with van der Waals surface area (Å²) in [6.07, 6.45) is 1.79. The van der Waals surface area contributed by atoms with Gasteiger partial charge < -0.3 is 9.80 Å². The van der Waals surface area contributed by atoms with Gasteiger partial charge in [-0.25, -0.2) is 0 Å². The highest BCUT2D eigenvalue weighted by atomic mass is 16.2. The highest BCUT2D eigenvalue weighted by molar-refractivity contribution is 5.87. The molecule has 0 bridgehead atoms. The summed E-state index contributed by atoms with van der Waals surface area (Å²) < 4.78 is 0. The number of amides is 2.